The van der Waals surface area contributed by atoms with Crippen LogP contribution < -0.4 is 5.32 Å². The van der Waals surface area contributed by atoms with Crippen LogP contribution >= 0.6 is 11.8 Å². The third-order valence-corrected chi connectivity index (χ3v) is 4.59. The molecule has 0 saturated carbocycles. The fourth-order valence-corrected chi connectivity index (χ4v) is 2.89. The molecule has 20 heavy (non-hydrogen) atoms. The summed E-state index contributed by atoms with van der Waals surface area (Å²) in [5.41, 5.74) is 3.27. The summed E-state index contributed by atoms with van der Waals surface area (Å²) in [4.78, 5) is 4.62. The quantitative estimate of drug-likeness (QED) is 0.882. The fourth-order valence-electron chi connectivity index (χ4n) is 2.06. The molecule has 3 heteroatoms. The minimum Gasteiger partial charge on any atom is -0.364 e. The number of amidine groups is 1. The van der Waals surface area contributed by atoms with E-state index < -0.39 is 0 Å². The molecule has 1 N–H and O–H groups in total. The van der Waals surface area contributed by atoms with E-state index in [0.29, 0.717) is 5.41 Å². The highest BCUT2D eigenvalue weighted by atomic mass is 32.2. The summed E-state index contributed by atoms with van der Waals surface area (Å²) in [6.07, 6.45) is 0. The van der Waals surface area contributed by atoms with Crippen LogP contribution in [0.5, 0.6) is 0 Å². The number of benzene rings is 1. The summed E-state index contributed by atoms with van der Waals surface area (Å²) in [5.74, 6) is 0.983. The van der Waals surface area contributed by atoms with Crippen molar-refractivity contribution >= 4 is 16.9 Å². The summed E-state index contributed by atoms with van der Waals surface area (Å²) < 4.78 is 0. The molecule has 0 aliphatic carbocycles. The molecule has 0 radical (unpaired) electrons. The van der Waals surface area contributed by atoms with Gasteiger partial charge in [0.2, 0.25) is 0 Å². The van der Waals surface area contributed by atoms with E-state index in [1.807, 2.05) is 0 Å². The van der Waals surface area contributed by atoms with E-state index in [4.69, 9.17) is 0 Å². The van der Waals surface area contributed by atoms with Gasteiger partial charge >= 0.3 is 0 Å². The van der Waals surface area contributed by atoms with Gasteiger partial charge in [0, 0.05) is 24.3 Å². The van der Waals surface area contributed by atoms with Gasteiger partial charge in [-0.25, -0.2) is 0 Å². The van der Waals surface area contributed by atoms with Gasteiger partial charge in [-0.2, -0.15) is 0 Å². The summed E-state index contributed by atoms with van der Waals surface area (Å²) in [6.45, 7) is 13.2. The van der Waals surface area contributed by atoms with Crippen molar-refractivity contribution in [3.63, 3.8) is 0 Å². The van der Waals surface area contributed by atoms with E-state index in [-0.39, 0.29) is 5.41 Å². The van der Waals surface area contributed by atoms with E-state index in [2.05, 4.69) is 69.2 Å². The maximum atomic E-state index is 4.62. The van der Waals surface area contributed by atoms with Crippen molar-refractivity contribution in [2.45, 2.75) is 45.8 Å². The first kappa shape index (κ1) is 15.4. The summed E-state index contributed by atoms with van der Waals surface area (Å²) >= 11 is 1.80. The molecule has 0 saturated heterocycles. The molecule has 1 aromatic carbocycles. The third-order valence-electron chi connectivity index (χ3n) is 3.56. The molecule has 0 aromatic heterocycles. The Kier molecular flexibility index (Phi) is 4.48. The zero-order valence-electron chi connectivity index (χ0n) is 13.3. The molecule has 1 heterocycles. The molecule has 110 valence electrons. The van der Waals surface area contributed by atoms with Gasteiger partial charge in [0.25, 0.3) is 0 Å². The Hall–Kier alpha value is -0.960. The molecular formula is C17H26N2S. The Bertz CT molecular complexity index is 481. The topological polar surface area (TPSA) is 24.4 Å². The van der Waals surface area contributed by atoms with Crippen LogP contribution in [-0.2, 0) is 11.2 Å². The minimum atomic E-state index is 0.228. The Balaban J connectivity index is 1.91. The monoisotopic (exact) mass is 290 g/mol. The maximum absolute atomic E-state index is 4.62. The Labute approximate surface area is 127 Å². The Morgan fingerprint density at radius 1 is 1.20 bits per heavy atom. The molecule has 1 aliphatic rings. The second-order valence-corrected chi connectivity index (χ2v) is 8.34. The van der Waals surface area contributed by atoms with Crippen molar-refractivity contribution in [3.8, 4) is 0 Å². The van der Waals surface area contributed by atoms with Gasteiger partial charge in [0.05, 0.1) is 0 Å². The van der Waals surface area contributed by atoms with Crippen LogP contribution in [0, 0.1) is 5.41 Å². The van der Waals surface area contributed by atoms with Gasteiger partial charge in [-0.3, -0.25) is 4.99 Å². The number of nitrogens with zero attached hydrogens (tertiary/aromatic N) is 1. The largest absolute Gasteiger partial charge is 0.364 e. The van der Waals surface area contributed by atoms with Crippen molar-refractivity contribution in [1.82, 2.24) is 5.32 Å². The first-order chi connectivity index (χ1) is 9.26. The average molecular weight is 290 g/mol. The lowest BCUT2D eigenvalue weighted by atomic mass is 9.87. The van der Waals surface area contributed by atoms with E-state index in [1.54, 1.807) is 11.8 Å². The van der Waals surface area contributed by atoms with Crippen molar-refractivity contribution in [1.29, 1.82) is 0 Å². The third kappa shape index (κ3) is 4.27. The molecule has 0 fully saturated rings. The molecule has 2 nitrogen and oxygen atoms in total. The second kappa shape index (κ2) is 5.80. The molecular weight excluding hydrogens is 264 g/mol. The van der Waals surface area contributed by atoms with Gasteiger partial charge in [0.1, 0.15) is 0 Å². The van der Waals surface area contributed by atoms with Crippen LogP contribution in [0.2, 0.25) is 0 Å². The average Bonchev–Trinajstić information content (AvgIpc) is 2.37. The lowest BCUT2D eigenvalue weighted by molar-refractivity contribution is 0.364. The lowest BCUT2D eigenvalue weighted by Crippen LogP contribution is -2.39. The van der Waals surface area contributed by atoms with Gasteiger partial charge in [-0.1, -0.05) is 70.6 Å². The number of aliphatic imine (C=N–C) groups is 1. The number of rotatable bonds is 2. The van der Waals surface area contributed by atoms with Crippen LogP contribution in [0.4, 0.5) is 0 Å². The SMILES string of the molecule is CC1(C)CN=C(SCc2ccc(C(C)(C)C)cc2)NC1. The first-order valence-corrected chi connectivity index (χ1v) is 8.25. The summed E-state index contributed by atoms with van der Waals surface area (Å²) in [7, 11) is 0. The molecule has 0 atom stereocenters. The number of nitrogens with one attached hydrogen (secondary N) is 1. The van der Waals surface area contributed by atoms with Gasteiger partial charge in [0.15, 0.2) is 5.17 Å². The first-order valence-electron chi connectivity index (χ1n) is 7.27. The van der Waals surface area contributed by atoms with E-state index >= 15 is 0 Å². The molecule has 1 aliphatic heterocycles. The maximum Gasteiger partial charge on any atom is 0.156 e. The molecule has 0 spiro atoms. The standard InChI is InChI=1S/C17H26N2S/c1-16(2,3)14-8-6-13(7-9-14)10-20-15-18-11-17(4,5)12-19-15/h6-9H,10-12H2,1-5H3,(H,18,19). The number of thioether (sulfide) groups is 1. The Morgan fingerprint density at radius 2 is 1.85 bits per heavy atom. The zero-order valence-corrected chi connectivity index (χ0v) is 14.1. The fraction of sp³-hybridized carbons (Fsp3) is 0.588. The van der Waals surface area contributed by atoms with Gasteiger partial charge in [-0.05, 0) is 16.5 Å². The molecule has 0 bridgehead atoms. The van der Waals surface area contributed by atoms with Gasteiger partial charge in [-0.15, -0.1) is 0 Å². The second-order valence-electron chi connectivity index (χ2n) is 7.37. The Morgan fingerprint density at radius 3 is 2.35 bits per heavy atom. The lowest BCUT2D eigenvalue weighted by Gasteiger charge is -2.28. The van der Waals surface area contributed by atoms with E-state index in [9.17, 15) is 0 Å². The highest BCUT2D eigenvalue weighted by Gasteiger charge is 2.22. The molecule has 0 unspecified atom stereocenters. The summed E-state index contributed by atoms with van der Waals surface area (Å²) in [6, 6.07) is 8.96. The van der Waals surface area contributed by atoms with Crippen LogP contribution in [0.15, 0.2) is 29.3 Å². The molecule has 0 amide bonds. The minimum absolute atomic E-state index is 0.228. The van der Waals surface area contributed by atoms with Crippen molar-refractivity contribution < 1.29 is 0 Å². The number of hydrogen-bond donors (Lipinski definition) is 1. The van der Waals surface area contributed by atoms with Crippen LogP contribution in [0.25, 0.3) is 0 Å². The predicted molar refractivity (Wildman–Crippen MR) is 90.5 cm³/mol. The summed E-state index contributed by atoms with van der Waals surface area (Å²) in [5, 5.41) is 4.52. The number of hydrogen-bond acceptors (Lipinski definition) is 3. The van der Waals surface area contributed by atoms with Crippen LogP contribution in [-0.4, -0.2) is 18.3 Å². The van der Waals surface area contributed by atoms with E-state index in [0.717, 1.165) is 24.0 Å². The predicted octanol–water partition coefficient (Wildman–Crippen LogP) is 4.20. The van der Waals surface area contributed by atoms with Gasteiger partial charge < -0.3 is 5.32 Å². The molecule has 2 rings (SSSR count). The van der Waals surface area contributed by atoms with Crippen molar-refractivity contribution in [2.75, 3.05) is 13.1 Å². The smallest absolute Gasteiger partial charge is 0.156 e. The van der Waals surface area contributed by atoms with Crippen LogP contribution in [0.3, 0.4) is 0 Å². The van der Waals surface area contributed by atoms with Crippen molar-refractivity contribution in [2.24, 2.45) is 10.4 Å². The van der Waals surface area contributed by atoms with Crippen LogP contribution in [0.1, 0.15) is 45.7 Å². The molecule has 1 aromatic rings. The zero-order chi connectivity index (χ0) is 14.8. The van der Waals surface area contributed by atoms with E-state index in [1.165, 1.54) is 11.1 Å². The highest BCUT2D eigenvalue weighted by molar-refractivity contribution is 8.13. The normalized spacial score (nSPS) is 18.4. The van der Waals surface area contributed by atoms with Crippen molar-refractivity contribution in [3.05, 3.63) is 35.4 Å². The highest BCUT2D eigenvalue weighted by Crippen LogP contribution is 2.24.